The zero-order valence-electron chi connectivity index (χ0n) is 12.9. The third-order valence-electron chi connectivity index (χ3n) is 3.57. The largest absolute Gasteiger partial charge is 0.289 e. The molecule has 0 aliphatic carbocycles. The number of carbonyl (C=O) groups is 1. The monoisotopic (exact) mass is 364 g/mol. The molecule has 0 aliphatic rings. The molecular formula is C18H9F5N2O. The van der Waals surface area contributed by atoms with Crippen molar-refractivity contribution in [2.75, 3.05) is 0 Å². The molecule has 0 radical (unpaired) electrons. The molecule has 1 heterocycles. The Balaban J connectivity index is 1.87. The van der Waals surface area contributed by atoms with Gasteiger partial charge in [-0.2, -0.15) is 5.10 Å². The highest BCUT2D eigenvalue weighted by Crippen LogP contribution is 2.24. The van der Waals surface area contributed by atoms with Crippen LogP contribution in [0.15, 0.2) is 48.8 Å². The molecule has 0 saturated heterocycles. The van der Waals surface area contributed by atoms with Crippen LogP contribution >= 0.6 is 0 Å². The molecule has 132 valence electrons. The number of aromatic nitrogens is 2. The van der Waals surface area contributed by atoms with E-state index >= 15 is 0 Å². The van der Waals surface area contributed by atoms with Crippen LogP contribution in [-0.2, 0) is 0 Å². The van der Waals surface area contributed by atoms with Gasteiger partial charge in [0.15, 0.2) is 29.1 Å². The molecule has 0 N–H and O–H groups in total. The van der Waals surface area contributed by atoms with Gasteiger partial charge in [-0.25, -0.2) is 26.6 Å². The normalized spacial score (nSPS) is 11.3. The Morgan fingerprint density at radius 1 is 0.885 bits per heavy atom. The minimum Gasteiger partial charge on any atom is -0.289 e. The molecule has 0 spiro atoms. The number of halogens is 5. The summed E-state index contributed by atoms with van der Waals surface area (Å²) in [5.41, 5.74) is -0.334. The van der Waals surface area contributed by atoms with E-state index in [0.717, 1.165) is 6.08 Å². The molecule has 0 bridgehead atoms. The zero-order chi connectivity index (χ0) is 18.8. The van der Waals surface area contributed by atoms with E-state index in [1.54, 1.807) is 35.3 Å². The molecule has 0 amide bonds. The van der Waals surface area contributed by atoms with Gasteiger partial charge in [-0.05, 0) is 42.5 Å². The van der Waals surface area contributed by atoms with E-state index in [2.05, 4.69) is 5.10 Å². The number of ketones is 1. The maximum atomic E-state index is 13.6. The van der Waals surface area contributed by atoms with Crippen molar-refractivity contribution in [1.82, 2.24) is 9.78 Å². The Hall–Kier alpha value is -3.29. The first-order valence-electron chi connectivity index (χ1n) is 7.24. The number of carbonyl (C=O) groups excluding carboxylic acids is 1. The smallest absolute Gasteiger partial charge is 0.200 e. The number of rotatable bonds is 4. The van der Waals surface area contributed by atoms with E-state index in [1.807, 2.05) is 0 Å². The van der Waals surface area contributed by atoms with Gasteiger partial charge in [0.05, 0.1) is 11.3 Å². The minimum atomic E-state index is -2.25. The first kappa shape index (κ1) is 17.5. The van der Waals surface area contributed by atoms with Gasteiger partial charge >= 0.3 is 0 Å². The lowest BCUT2D eigenvalue weighted by Gasteiger charge is -2.04. The van der Waals surface area contributed by atoms with Gasteiger partial charge in [0.25, 0.3) is 0 Å². The van der Waals surface area contributed by atoms with Crippen LogP contribution in [0.5, 0.6) is 0 Å². The van der Waals surface area contributed by atoms with E-state index in [1.165, 1.54) is 12.1 Å². The van der Waals surface area contributed by atoms with Crippen LogP contribution in [0.2, 0.25) is 0 Å². The van der Waals surface area contributed by atoms with Gasteiger partial charge in [0.1, 0.15) is 0 Å². The Morgan fingerprint density at radius 3 is 2.00 bits per heavy atom. The summed E-state index contributed by atoms with van der Waals surface area (Å²) < 4.78 is 68.0. The second-order valence-corrected chi connectivity index (χ2v) is 5.18. The first-order valence-corrected chi connectivity index (χ1v) is 7.24. The van der Waals surface area contributed by atoms with Crippen LogP contribution in [0, 0.1) is 29.1 Å². The average Bonchev–Trinajstić information content (AvgIpc) is 3.19. The molecule has 8 heteroatoms. The maximum Gasteiger partial charge on any atom is 0.200 e. The summed E-state index contributed by atoms with van der Waals surface area (Å²) >= 11 is 0. The second kappa shape index (κ2) is 6.91. The third-order valence-corrected chi connectivity index (χ3v) is 3.57. The molecule has 3 nitrogen and oxygen atoms in total. The molecule has 0 fully saturated rings. The lowest BCUT2D eigenvalue weighted by atomic mass is 10.1. The fraction of sp³-hybridized carbons (Fsp3) is 0. The van der Waals surface area contributed by atoms with Crippen molar-refractivity contribution in [1.29, 1.82) is 0 Å². The fourth-order valence-electron chi connectivity index (χ4n) is 2.22. The van der Waals surface area contributed by atoms with Crippen LogP contribution < -0.4 is 0 Å². The summed E-state index contributed by atoms with van der Waals surface area (Å²) in [6, 6.07) is 7.79. The van der Waals surface area contributed by atoms with Gasteiger partial charge in [0.2, 0.25) is 5.82 Å². The lowest BCUT2D eigenvalue weighted by Crippen LogP contribution is -2.04. The van der Waals surface area contributed by atoms with Crippen molar-refractivity contribution in [2.45, 2.75) is 0 Å². The highest BCUT2D eigenvalue weighted by Gasteiger charge is 2.24. The van der Waals surface area contributed by atoms with Crippen molar-refractivity contribution in [2.24, 2.45) is 0 Å². The number of hydrogen-bond donors (Lipinski definition) is 0. The Labute approximate surface area is 144 Å². The zero-order valence-corrected chi connectivity index (χ0v) is 12.9. The van der Waals surface area contributed by atoms with Crippen LogP contribution in [0.1, 0.15) is 15.9 Å². The molecule has 1 aromatic heterocycles. The molecule has 0 unspecified atom stereocenters. The van der Waals surface area contributed by atoms with Crippen LogP contribution in [0.3, 0.4) is 0 Å². The first-order chi connectivity index (χ1) is 12.4. The summed E-state index contributed by atoms with van der Waals surface area (Å²) in [6.07, 6.45) is 4.56. The van der Waals surface area contributed by atoms with Gasteiger partial charge in [-0.1, -0.05) is 0 Å². The van der Waals surface area contributed by atoms with E-state index < -0.39 is 40.4 Å². The number of nitrogens with zero attached hydrogens (tertiary/aromatic N) is 2. The fourth-order valence-corrected chi connectivity index (χ4v) is 2.22. The predicted molar refractivity (Wildman–Crippen MR) is 83.2 cm³/mol. The molecule has 3 aromatic rings. The molecular weight excluding hydrogens is 355 g/mol. The number of allylic oxidation sites excluding steroid dienone is 1. The quantitative estimate of drug-likeness (QED) is 0.225. The highest BCUT2D eigenvalue weighted by atomic mass is 19.2. The van der Waals surface area contributed by atoms with Crippen molar-refractivity contribution in [3.05, 3.63) is 89.0 Å². The Morgan fingerprint density at radius 2 is 1.46 bits per heavy atom. The molecule has 26 heavy (non-hydrogen) atoms. The van der Waals surface area contributed by atoms with Gasteiger partial charge in [0, 0.05) is 18.0 Å². The maximum absolute atomic E-state index is 13.6. The molecule has 0 atom stereocenters. The predicted octanol–water partition coefficient (Wildman–Crippen LogP) is 4.46. The third kappa shape index (κ3) is 3.13. The molecule has 0 aliphatic heterocycles. The SMILES string of the molecule is O=C(/C=C/c1c(F)c(F)c(F)c(F)c1F)c1ccc(-n2cccn2)cc1. The highest BCUT2D eigenvalue weighted by molar-refractivity contribution is 6.06. The number of benzene rings is 2. The van der Waals surface area contributed by atoms with E-state index in [9.17, 15) is 26.7 Å². The van der Waals surface area contributed by atoms with Crippen LogP contribution in [0.4, 0.5) is 22.0 Å². The summed E-state index contributed by atoms with van der Waals surface area (Å²) in [7, 11) is 0. The van der Waals surface area contributed by atoms with Gasteiger partial charge in [-0.15, -0.1) is 0 Å². The molecule has 2 aromatic carbocycles. The lowest BCUT2D eigenvalue weighted by molar-refractivity contribution is 0.104. The van der Waals surface area contributed by atoms with Gasteiger partial charge < -0.3 is 0 Å². The summed E-state index contributed by atoms with van der Waals surface area (Å²) in [5, 5.41) is 4.01. The number of hydrogen-bond acceptors (Lipinski definition) is 2. The summed E-state index contributed by atoms with van der Waals surface area (Å²) in [6.45, 7) is 0. The van der Waals surface area contributed by atoms with Crippen molar-refractivity contribution < 1.29 is 26.7 Å². The topological polar surface area (TPSA) is 34.9 Å². The molecule has 0 saturated carbocycles. The minimum absolute atomic E-state index is 0.168. The van der Waals surface area contributed by atoms with E-state index in [4.69, 9.17) is 0 Å². The average molecular weight is 364 g/mol. The van der Waals surface area contributed by atoms with E-state index in [0.29, 0.717) is 11.8 Å². The van der Waals surface area contributed by atoms with Crippen molar-refractivity contribution in [3.63, 3.8) is 0 Å². The standard InChI is InChI=1S/C18H9F5N2O/c19-14-12(15(20)17(22)18(23)16(14)21)6-7-13(26)10-2-4-11(5-3-10)25-9-1-8-24-25/h1-9H/b7-6+. The van der Waals surface area contributed by atoms with Crippen molar-refractivity contribution in [3.8, 4) is 5.69 Å². The van der Waals surface area contributed by atoms with Gasteiger partial charge in [-0.3, -0.25) is 4.79 Å². The Bertz CT molecular complexity index is 966. The van der Waals surface area contributed by atoms with Crippen molar-refractivity contribution >= 4 is 11.9 Å². The molecule has 3 rings (SSSR count). The van der Waals surface area contributed by atoms with E-state index in [-0.39, 0.29) is 5.56 Å². The summed E-state index contributed by atoms with van der Waals surface area (Å²) in [4.78, 5) is 12.1. The Kier molecular flexibility index (Phi) is 4.66. The summed E-state index contributed by atoms with van der Waals surface area (Å²) in [5.74, 6) is -11.1. The van der Waals surface area contributed by atoms with Crippen LogP contribution in [0.25, 0.3) is 11.8 Å². The second-order valence-electron chi connectivity index (χ2n) is 5.18. The van der Waals surface area contributed by atoms with Crippen LogP contribution in [-0.4, -0.2) is 15.6 Å².